The number of carbonyl (C=O) groups excluding carboxylic acids is 2. The fourth-order valence-corrected chi connectivity index (χ4v) is 3.95. The Morgan fingerprint density at radius 2 is 1.94 bits per heavy atom. The Bertz CT molecular complexity index is 982. The fraction of sp³-hybridized carbons (Fsp3) is 0.333. The number of hydrogen-bond acceptors (Lipinski definition) is 7. The summed E-state index contributed by atoms with van der Waals surface area (Å²) in [5.41, 5.74) is 1.97. The molecule has 1 unspecified atom stereocenters. The normalized spacial score (nSPS) is 16.6. The average Bonchev–Trinajstić information content (AvgIpc) is 2.76. The molecule has 9 nitrogen and oxygen atoms in total. The zero-order valence-corrected chi connectivity index (χ0v) is 18.8. The molecule has 2 aromatic rings. The number of benzene rings is 2. The maximum absolute atomic E-state index is 12.5. The van der Waals surface area contributed by atoms with Gasteiger partial charge in [-0.2, -0.15) is 0 Å². The Kier molecular flexibility index (Phi) is 7.24. The van der Waals surface area contributed by atoms with Crippen molar-refractivity contribution in [2.24, 2.45) is 0 Å². The zero-order valence-electron chi connectivity index (χ0n) is 17.2. The quantitative estimate of drug-likeness (QED) is 0.376. The fourth-order valence-electron chi connectivity index (χ4n) is 3.48. The highest BCUT2D eigenvalue weighted by Gasteiger charge is 2.26. The predicted molar refractivity (Wildman–Crippen MR) is 120 cm³/mol. The summed E-state index contributed by atoms with van der Waals surface area (Å²) in [5.74, 6) is -0.548. The molecule has 1 amide bonds. The van der Waals surface area contributed by atoms with Crippen molar-refractivity contribution < 1.29 is 19.2 Å². The summed E-state index contributed by atoms with van der Waals surface area (Å²) in [5, 5.41) is 13.6. The summed E-state index contributed by atoms with van der Waals surface area (Å²) in [6, 6.07) is 11.7. The highest BCUT2D eigenvalue weighted by Crippen LogP contribution is 2.27. The van der Waals surface area contributed by atoms with Crippen LogP contribution in [0.1, 0.15) is 17.3 Å². The number of carbonyl (C=O) groups is 2. The second-order valence-corrected chi connectivity index (χ2v) is 8.13. The number of halogens is 1. The molecule has 164 valence electrons. The first-order valence-electron chi connectivity index (χ1n) is 9.69. The van der Waals surface area contributed by atoms with Gasteiger partial charge in [0.15, 0.2) is 0 Å². The van der Waals surface area contributed by atoms with E-state index >= 15 is 0 Å². The summed E-state index contributed by atoms with van der Waals surface area (Å²) < 4.78 is 5.19. The number of nitrogens with one attached hydrogen (secondary N) is 1. The standard InChI is InChI=1S/C21H23BrN4O5/c1-14-12-25(16-5-3-15(4-6-16)21(28)31-2)10-9-24(14)13-20(27)23-19-8-7-17(26(29)30)11-18(19)22/h3-8,11,14H,9-10,12-13H2,1-2H3,(H,23,27). The number of rotatable bonds is 6. The average molecular weight is 491 g/mol. The second kappa shape index (κ2) is 9.88. The van der Waals surface area contributed by atoms with E-state index in [2.05, 4.69) is 38.0 Å². The molecule has 10 heteroatoms. The molecule has 1 atom stereocenters. The first-order chi connectivity index (χ1) is 14.8. The Labute approximate surface area is 188 Å². The van der Waals surface area contributed by atoms with E-state index in [1.165, 1.54) is 25.3 Å². The first-order valence-corrected chi connectivity index (χ1v) is 10.5. The zero-order chi connectivity index (χ0) is 22.5. The summed E-state index contributed by atoms with van der Waals surface area (Å²) >= 11 is 3.26. The number of methoxy groups -OCH3 is 1. The molecule has 1 aliphatic rings. The molecule has 0 bridgehead atoms. The molecule has 0 saturated carbocycles. The third kappa shape index (κ3) is 5.59. The lowest BCUT2D eigenvalue weighted by atomic mass is 10.1. The molecule has 0 aliphatic carbocycles. The molecule has 1 fully saturated rings. The van der Waals surface area contributed by atoms with Crippen LogP contribution in [0.15, 0.2) is 46.9 Å². The van der Waals surface area contributed by atoms with E-state index in [4.69, 9.17) is 4.74 Å². The third-order valence-corrected chi connectivity index (χ3v) is 5.86. The molecule has 1 N–H and O–H groups in total. The van der Waals surface area contributed by atoms with E-state index in [-0.39, 0.29) is 30.2 Å². The first kappa shape index (κ1) is 22.7. The lowest BCUT2D eigenvalue weighted by molar-refractivity contribution is -0.384. The van der Waals surface area contributed by atoms with Gasteiger partial charge in [0.2, 0.25) is 5.91 Å². The van der Waals surface area contributed by atoms with Crippen molar-refractivity contribution in [3.8, 4) is 0 Å². The van der Waals surface area contributed by atoms with Gasteiger partial charge in [-0.1, -0.05) is 0 Å². The number of amides is 1. The highest BCUT2D eigenvalue weighted by atomic mass is 79.9. The number of piperazine rings is 1. The molecule has 0 radical (unpaired) electrons. The van der Waals surface area contributed by atoms with Crippen molar-refractivity contribution >= 4 is 44.9 Å². The molecule has 1 saturated heterocycles. The van der Waals surface area contributed by atoms with Crippen molar-refractivity contribution in [1.82, 2.24) is 4.90 Å². The van der Waals surface area contributed by atoms with Gasteiger partial charge in [0.05, 0.1) is 29.8 Å². The Morgan fingerprint density at radius 1 is 1.23 bits per heavy atom. The summed E-state index contributed by atoms with van der Waals surface area (Å²) in [6.45, 7) is 4.47. The van der Waals surface area contributed by atoms with E-state index in [9.17, 15) is 19.7 Å². The van der Waals surface area contributed by atoms with E-state index in [0.29, 0.717) is 22.3 Å². The van der Waals surface area contributed by atoms with Crippen LogP contribution in [0.25, 0.3) is 0 Å². The van der Waals surface area contributed by atoms with Crippen molar-refractivity contribution in [3.05, 3.63) is 62.6 Å². The van der Waals surface area contributed by atoms with Gasteiger partial charge in [-0.25, -0.2) is 4.79 Å². The molecule has 0 spiro atoms. The lowest BCUT2D eigenvalue weighted by Gasteiger charge is -2.40. The molecule has 2 aromatic carbocycles. The third-order valence-electron chi connectivity index (χ3n) is 5.20. The number of anilines is 2. The number of hydrogen-bond donors (Lipinski definition) is 1. The Balaban J connectivity index is 1.56. The molecule has 3 rings (SSSR count). The number of nitro benzene ring substituents is 1. The lowest BCUT2D eigenvalue weighted by Crippen LogP contribution is -2.53. The monoisotopic (exact) mass is 490 g/mol. The minimum Gasteiger partial charge on any atom is -0.465 e. The van der Waals surface area contributed by atoms with Gasteiger partial charge < -0.3 is 15.0 Å². The van der Waals surface area contributed by atoms with Gasteiger partial charge in [0.1, 0.15) is 0 Å². The Morgan fingerprint density at radius 3 is 2.52 bits per heavy atom. The van der Waals surface area contributed by atoms with Crippen molar-refractivity contribution in [3.63, 3.8) is 0 Å². The van der Waals surface area contributed by atoms with Gasteiger partial charge in [-0.15, -0.1) is 0 Å². The molecule has 1 aliphatic heterocycles. The summed E-state index contributed by atoms with van der Waals surface area (Å²) in [4.78, 5) is 38.8. The Hall–Kier alpha value is -2.98. The van der Waals surface area contributed by atoms with Crippen molar-refractivity contribution in [2.45, 2.75) is 13.0 Å². The topological polar surface area (TPSA) is 105 Å². The van der Waals surface area contributed by atoms with Gasteiger partial charge >= 0.3 is 5.97 Å². The van der Waals surface area contributed by atoms with Crippen molar-refractivity contribution in [2.75, 3.05) is 43.5 Å². The van der Waals surface area contributed by atoms with Crippen LogP contribution in [0.4, 0.5) is 17.1 Å². The van der Waals surface area contributed by atoms with E-state index in [1.54, 1.807) is 12.1 Å². The number of nitrogens with zero attached hydrogens (tertiary/aromatic N) is 3. The van der Waals surface area contributed by atoms with Crippen LogP contribution in [-0.2, 0) is 9.53 Å². The highest BCUT2D eigenvalue weighted by molar-refractivity contribution is 9.10. The number of ether oxygens (including phenoxy) is 1. The van der Waals surface area contributed by atoms with E-state index < -0.39 is 4.92 Å². The predicted octanol–water partition coefficient (Wildman–Crippen LogP) is 3.29. The van der Waals surface area contributed by atoms with Crippen LogP contribution in [0.2, 0.25) is 0 Å². The van der Waals surface area contributed by atoms with Gasteiger partial charge in [-0.05, 0) is 53.2 Å². The van der Waals surface area contributed by atoms with Gasteiger partial charge in [0, 0.05) is 48.0 Å². The second-order valence-electron chi connectivity index (χ2n) is 7.27. The van der Waals surface area contributed by atoms with E-state index in [1.807, 2.05) is 12.1 Å². The summed E-state index contributed by atoms with van der Waals surface area (Å²) in [7, 11) is 1.35. The van der Waals surface area contributed by atoms with Crippen LogP contribution in [-0.4, -0.2) is 61.0 Å². The van der Waals surface area contributed by atoms with E-state index in [0.717, 1.165) is 18.8 Å². The minimum atomic E-state index is -0.486. The minimum absolute atomic E-state index is 0.0470. The molecular weight excluding hydrogens is 468 g/mol. The molecular formula is C21H23BrN4O5. The number of esters is 1. The molecule has 31 heavy (non-hydrogen) atoms. The van der Waals surface area contributed by atoms with Crippen LogP contribution < -0.4 is 10.2 Å². The molecule has 1 heterocycles. The van der Waals surface area contributed by atoms with Crippen LogP contribution in [0.3, 0.4) is 0 Å². The SMILES string of the molecule is COC(=O)c1ccc(N2CCN(CC(=O)Nc3ccc([N+](=O)[O-])cc3Br)C(C)C2)cc1. The van der Waals surface area contributed by atoms with Gasteiger partial charge in [-0.3, -0.25) is 19.8 Å². The van der Waals surface area contributed by atoms with Crippen LogP contribution in [0, 0.1) is 10.1 Å². The van der Waals surface area contributed by atoms with Crippen LogP contribution in [0.5, 0.6) is 0 Å². The van der Waals surface area contributed by atoms with Crippen LogP contribution >= 0.6 is 15.9 Å². The smallest absolute Gasteiger partial charge is 0.337 e. The maximum Gasteiger partial charge on any atom is 0.337 e. The summed E-state index contributed by atoms with van der Waals surface area (Å²) in [6.07, 6.45) is 0. The molecule has 0 aromatic heterocycles. The number of nitro groups is 1. The largest absolute Gasteiger partial charge is 0.465 e. The number of non-ortho nitro benzene ring substituents is 1. The van der Waals surface area contributed by atoms with Crippen molar-refractivity contribution in [1.29, 1.82) is 0 Å². The maximum atomic E-state index is 12.5. The van der Waals surface area contributed by atoms with Gasteiger partial charge in [0.25, 0.3) is 5.69 Å².